The van der Waals surface area contributed by atoms with Crippen LogP contribution >= 0.6 is 0 Å². The van der Waals surface area contributed by atoms with E-state index in [0.717, 1.165) is 29.3 Å². The van der Waals surface area contributed by atoms with E-state index in [1.54, 1.807) is 25.1 Å². The maximum atomic E-state index is 12.1. The van der Waals surface area contributed by atoms with Gasteiger partial charge in [-0.15, -0.1) is 0 Å². The van der Waals surface area contributed by atoms with Crippen LogP contribution in [0.2, 0.25) is 0 Å². The molecule has 0 saturated heterocycles. The van der Waals surface area contributed by atoms with Crippen molar-refractivity contribution in [3.63, 3.8) is 0 Å². The Labute approximate surface area is 198 Å². The third kappa shape index (κ3) is 6.44. The lowest BCUT2D eigenvalue weighted by molar-refractivity contribution is -0.394. The van der Waals surface area contributed by atoms with Gasteiger partial charge in [-0.1, -0.05) is 24.3 Å². The number of hydrazone groups is 1. The van der Waals surface area contributed by atoms with Crippen molar-refractivity contribution in [1.82, 2.24) is 5.43 Å². The van der Waals surface area contributed by atoms with Crippen LogP contribution in [-0.2, 0) is 9.59 Å². The quantitative estimate of drug-likeness (QED) is 0.224. The Kier molecular flexibility index (Phi) is 7.46. The largest absolute Gasteiger partial charge is 0.450 e. The lowest BCUT2D eigenvalue weighted by Gasteiger charge is -2.08. The van der Waals surface area contributed by atoms with Crippen LogP contribution in [0.5, 0.6) is 11.5 Å². The highest BCUT2D eigenvalue weighted by Gasteiger charge is 2.21. The Morgan fingerprint density at radius 3 is 2.43 bits per heavy atom. The van der Waals surface area contributed by atoms with Gasteiger partial charge in [0.2, 0.25) is 5.75 Å². The zero-order valence-corrected chi connectivity index (χ0v) is 18.6. The number of benzene rings is 3. The molecular weight excluding hydrogens is 458 g/mol. The molecule has 0 unspecified atom stereocenters. The molecule has 178 valence electrons. The van der Waals surface area contributed by atoms with Crippen LogP contribution in [0.25, 0.3) is 0 Å². The zero-order valence-electron chi connectivity index (χ0n) is 18.6. The maximum Gasteiger partial charge on any atom is 0.329 e. The summed E-state index contributed by atoms with van der Waals surface area (Å²) in [6, 6.07) is 14.6. The summed E-state index contributed by atoms with van der Waals surface area (Å²) in [4.78, 5) is 44.8. The number of hydrogen-bond donors (Lipinski definition) is 2. The van der Waals surface area contributed by atoms with Crippen LogP contribution < -0.4 is 15.5 Å². The summed E-state index contributed by atoms with van der Waals surface area (Å²) in [7, 11) is 0. The molecule has 0 saturated carbocycles. The number of hydrogen-bond acceptors (Lipinski definition) is 8. The van der Waals surface area contributed by atoms with Crippen molar-refractivity contribution in [3.8, 4) is 11.5 Å². The van der Waals surface area contributed by atoms with Crippen LogP contribution in [0.15, 0.2) is 65.8 Å². The highest BCUT2D eigenvalue weighted by Crippen LogP contribution is 2.34. The number of ether oxygens (including phenoxy) is 1. The standard InChI is InChI=1S/C23H19N5O7/c1-14-6-7-15(2)19(10-14)25-22(29)23(30)26-24-13-16-4-3-5-18(11-16)35-21-9-8-17(27(31)32)12-20(21)28(33)34/h3-13H,1-2H3,(H,25,29)(H,26,30)/b24-13+. The molecule has 0 aromatic heterocycles. The molecule has 0 heterocycles. The van der Waals surface area contributed by atoms with Crippen LogP contribution in [-0.4, -0.2) is 27.9 Å². The number of nitrogens with zero attached hydrogens (tertiary/aromatic N) is 3. The molecule has 0 atom stereocenters. The average Bonchev–Trinajstić information content (AvgIpc) is 2.81. The highest BCUT2D eigenvalue weighted by atomic mass is 16.6. The number of amides is 2. The van der Waals surface area contributed by atoms with Crippen molar-refractivity contribution < 1.29 is 24.2 Å². The summed E-state index contributed by atoms with van der Waals surface area (Å²) < 4.78 is 5.52. The van der Waals surface area contributed by atoms with E-state index >= 15 is 0 Å². The summed E-state index contributed by atoms with van der Waals surface area (Å²) >= 11 is 0. The minimum Gasteiger partial charge on any atom is -0.450 e. The third-order valence-corrected chi connectivity index (χ3v) is 4.66. The molecular formula is C23H19N5O7. The number of carbonyl (C=O) groups excluding carboxylic acids is 2. The number of nitro benzene ring substituents is 2. The molecule has 2 amide bonds. The number of carbonyl (C=O) groups is 2. The predicted octanol–water partition coefficient (Wildman–Crippen LogP) is 4.00. The molecule has 3 rings (SSSR count). The second kappa shape index (κ2) is 10.7. The fourth-order valence-corrected chi connectivity index (χ4v) is 2.90. The van der Waals surface area contributed by atoms with Gasteiger partial charge in [-0.05, 0) is 54.8 Å². The topological polar surface area (TPSA) is 166 Å². The van der Waals surface area contributed by atoms with Gasteiger partial charge in [0, 0.05) is 11.8 Å². The van der Waals surface area contributed by atoms with E-state index < -0.39 is 33.0 Å². The van der Waals surface area contributed by atoms with Gasteiger partial charge in [-0.3, -0.25) is 29.8 Å². The Bertz CT molecular complexity index is 1350. The van der Waals surface area contributed by atoms with Gasteiger partial charge in [0.05, 0.1) is 22.1 Å². The molecule has 0 spiro atoms. The minimum atomic E-state index is -0.976. The van der Waals surface area contributed by atoms with Crippen LogP contribution in [0, 0.1) is 34.1 Å². The second-order valence-corrected chi connectivity index (χ2v) is 7.31. The number of anilines is 1. The monoisotopic (exact) mass is 477 g/mol. The fourth-order valence-electron chi connectivity index (χ4n) is 2.90. The van der Waals surface area contributed by atoms with Crippen molar-refractivity contribution in [2.24, 2.45) is 5.10 Å². The lowest BCUT2D eigenvalue weighted by atomic mass is 10.1. The van der Waals surface area contributed by atoms with Gasteiger partial charge in [0.25, 0.3) is 5.69 Å². The summed E-state index contributed by atoms with van der Waals surface area (Å²) in [6.45, 7) is 3.66. The van der Waals surface area contributed by atoms with Crippen molar-refractivity contribution >= 4 is 35.1 Å². The Balaban J connectivity index is 1.66. The summed E-state index contributed by atoms with van der Waals surface area (Å²) in [6.07, 6.45) is 1.25. The number of nitro groups is 2. The first-order valence-corrected chi connectivity index (χ1v) is 10.1. The first kappa shape index (κ1) is 24.5. The molecule has 3 aromatic carbocycles. The predicted molar refractivity (Wildman–Crippen MR) is 127 cm³/mol. The Morgan fingerprint density at radius 2 is 1.71 bits per heavy atom. The summed E-state index contributed by atoms with van der Waals surface area (Å²) in [5, 5.41) is 28.4. The molecule has 12 nitrogen and oxygen atoms in total. The Morgan fingerprint density at radius 1 is 0.943 bits per heavy atom. The third-order valence-electron chi connectivity index (χ3n) is 4.66. The molecule has 0 aliphatic rings. The maximum absolute atomic E-state index is 12.1. The average molecular weight is 477 g/mol. The number of rotatable bonds is 7. The molecule has 0 aliphatic carbocycles. The van der Waals surface area contributed by atoms with Crippen LogP contribution in [0.3, 0.4) is 0 Å². The SMILES string of the molecule is Cc1ccc(C)c(NC(=O)C(=O)N/N=C/c2cccc(Oc3ccc([N+](=O)[O-])cc3[N+](=O)[O-])c2)c1. The lowest BCUT2D eigenvalue weighted by Crippen LogP contribution is -2.32. The second-order valence-electron chi connectivity index (χ2n) is 7.31. The first-order chi connectivity index (χ1) is 16.6. The smallest absolute Gasteiger partial charge is 0.329 e. The first-order valence-electron chi connectivity index (χ1n) is 10.1. The van der Waals surface area contributed by atoms with E-state index in [0.29, 0.717) is 11.3 Å². The van der Waals surface area contributed by atoms with Gasteiger partial charge in [-0.25, -0.2) is 5.43 Å². The molecule has 0 radical (unpaired) electrons. The van der Waals surface area contributed by atoms with E-state index in [1.807, 2.05) is 19.1 Å². The highest BCUT2D eigenvalue weighted by molar-refractivity contribution is 6.39. The van der Waals surface area contributed by atoms with E-state index in [9.17, 15) is 29.8 Å². The van der Waals surface area contributed by atoms with Crippen molar-refractivity contribution in [2.45, 2.75) is 13.8 Å². The zero-order chi connectivity index (χ0) is 25.5. The molecule has 2 N–H and O–H groups in total. The van der Waals surface area contributed by atoms with Crippen LogP contribution in [0.1, 0.15) is 16.7 Å². The fraction of sp³-hybridized carbons (Fsp3) is 0.0870. The van der Waals surface area contributed by atoms with Gasteiger partial charge in [0.15, 0.2) is 0 Å². The Hall–Kier alpha value is -5.13. The minimum absolute atomic E-state index is 0.185. The molecule has 12 heteroatoms. The van der Waals surface area contributed by atoms with E-state index in [-0.39, 0.29) is 11.5 Å². The van der Waals surface area contributed by atoms with E-state index in [4.69, 9.17) is 4.74 Å². The van der Waals surface area contributed by atoms with Gasteiger partial charge < -0.3 is 10.1 Å². The summed E-state index contributed by atoms with van der Waals surface area (Å²) in [5.74, 6) is -1.87. The van der Waals surface area contributed by atoms with Crippen LogP contribution in [0.4, 0.5) is 17.1 Å². The van der Waals surface area contributed by atoms with Gasteiger partial charge in [-0.2, -0.15) is 5.10 Å². The van der Waals surface area contributed by atoms with Crippen molar-refractivity contribution in [1.29, 1.82) is 0 Å². The van der Waals surface area contributed by atoms with E-state index in [1.165, 1.54) is 18.3 Å². The molecule has 35 heavy (non-hydrogen) atoms. The van der Waals surface area contributed by atoms with E-state index in [2.05, 4.69) is 15.8 Å². The number of non-ortho nitro benzene ring substituents is 1. The molecule has 0 aliphatic heterocycles. The normalized spacial score (nSPS) is 10.6. The summed E-state index contributed by atoms with van der Waals surface area (Å²) in [5.41, 5.74) is 3.79. The van der Waals surface area contributed by atoms with Gasteiger partial charge in [0.1, 0.15) is 5.75 Å². The molecule has 0 fully saturated rings. The number of aryl methyl sites for hydroxylation is 2. The van der Waals surface area contributed by atoms with Crippen molar-refractivity contribution in [2.75, 3.05) is 5.32 Å². The van der Waals surface area contributed by atoms with Crippen molar-refractivity contribution in [3.05, 3.63) is 97.6 Å². The number of nitrogens with one attached hydrogen (secondary N) is 2. The molecule has 3 aromatic rings. The van der Waals surface area contributed by atoms with Gasteiger partial charge >= 0.3 is 17.5 Å². The molecule has 0 bridgehead atoms.